The third kappa shape index (κ3) is 2.77. The van der Waals surface area contributed by atoms with Gasteiger partial charge in [0.15, 0.2) is 5.96 Å². The summed E-state index contributed by atoms with van der Waals surface area (Å²) in [6, 6.07) is 6.91. The van der Waals surface area contributed by atoms with Gasteiger partial charge in [-0.3, -0.25) is 4.99 Å². The lowest BCUT2D eigenvalue weighted by Crippen LogP contribution is -2.41. The fourth-order valence-corrected chi connectivity index (χ4v) is 2.65. The Morgan fingerprint density at radius 3 is 3.00 bits per heavy atom. The van der Waals surface area contributed by atoms with E-state index in [1.54, 1.807) is 12.1 Å². The number of benzene rings is 1. The van der Waals surface area contributed by atoms with E-state index in [0.717, 1.165) is 18.6 Å². The number of hydrogen-bond acceptors (Lipinski definition) is 4. The molecule has 3 nitrogen and oxygen atoms in total. The maximum absolute atomic E-state index is 13.8. The topological polar surface area (TPSA) is 41.6 Å². The predicted octanol–water partition coefficient (Wildman–Crippen LogP) is 2.47. The minimum absolute atomic E-state index is 0.189. The summed E-state index contributed by atoms with van der Waals surface area (Å²) in [5.74, 6) is 1.29. The largest absolute Gasteiger partial charge is 0.370 e. The van der Waals surface area contributed by atoms with E-state index in [1.165, 1.54) is 6.07 Å². The Kier molecular flexibility index (Phi) is 4.47. The summed E-state index contributed by atoms with van der Waals surface area (Å²) in [5, 5.41) is 0. The number of anilines is 1. The average Bonchev–Trinajstić information content (AvgIpc) is 2.72. The molecule has 1 heterocycles. The Morgan fingerprint density at radius 2 is 2.28 bits per heavy atom. The summed E-state index contributed by atoms with van der Waals surface area (Å²) < 4.78 is 13.8. The highest BCUT2D eigenvalue weighted by Gasteiger charge is 2.28. The maximum Gasteiger partial charge on any atom is 0.196 e. The molecule has 1 aromatic rings. The van der Waals surface area contributed by atoms with Crippen molar-refractivity contribution >= 4 is 23.4 Å². The van der Waals surface area contributed by atoms with Gasteiger partial charge in [-0.2, -0.15) is 11.8 Å². The van der Waals surface area contributed by atoms with Gasteiger partial charge in [-0.25, -0.2) is 4.39 Å². The molecule has 0 radical (unpaired) electrons. The number of nitrogens with zero attached hydrogens (tertiary/aromatic N) is 2. The van der Waals surface area contributed by atoms with Crippen LogP contribution in [0.2, 0.25) is 0 Å². The van der Waals surface area contributed by atoms with Crippen LogP contribution in [0.25, 0.3) is 0 Å². The molecule has 1 unspecified atom stereocenters. The lowest BCUT2D eigenvalue weighted by Gasteiger charge is -2.26. The molecule has 0 saturated heterocycles. The van der Waals surface area contributed by atoms with E-state index < -0.39 is 0 Å². The Labute approximate surface area is 111 Å². The summed E-state index contributed by atoms with van der Waals surface area (Å²) in [6.07, 6.45) is 4.17. The lowest BCUT2D eigenvalue weighted by atomic mass is 10.1. The fraction of sp³-hybridized carbons (Fsp3) is 0.462. The van der Waals surface area contributed by atoms with Crippen LogP contribution in [0.3, 0.4) is 0 Å². The van der Waals surface area contributed by atoms with E-state index in [1.807, 2.05) is 22.7 Å². The van der Waals surface area contributed by atoms with E-state index in [0.29, 0.717) is 18.2 Å². The zero-order chi connectivity index (χ0) is 13.0. The van der Waals surface area contributed by atoms with Gasteiger partial charge < -0.3 is 10.6 Å². The molecule has 0 bridgehead atoms. The van der Waals surface area contributed by atoms with Gasteiger partial charge in [0, 0.05) is 0 Å². The molecule has 0 spiro atoms. The van der Waals surface area contributed by atoms with Gasteiger partial charge in [0.1, 0.15) is 5.82 Å². The molecule has 1 aromatic carbocycles. The minimum Gasteiger partial charge on any atom is -0.370 e. The SMILES string of the molecule is CSCCCC1CN=C(N)N1c1ccccc1F. The van der Waals surface area contributed by atoms with Gasteiger partial charge >= 0.3 is 0 Å². The van der Waals surface area contributed by atoms with E-state index in [9.17, 15) is 4.39 Å². The molecule has 5 heteroatoms. The molecule has 1 atom stereocenters. The second-order valence-corrected chi connectivity index (χ2v) is 5.29. The monoisotopic (exact) mass is 267 g/mol. The quantitative estimate of drug-likeness (QED) is 0.833. The number of rotatable bonds is 5. The van der Waals surface area contributed by atoms with Crippen molar-refractivity contribution in [3.8, 4) is 0 Å². The zero-order valence-electron chi connectivity index (χ0n) is 10.5. The first-order valence-electron chi connectivity index (χ1n) is 6.06. The Balaban J connectivity index is 2.12. The molecule has 18 heavy (non-hydrogen) atoms. The average molecular weight is 267 g/mol. The van der Waals surface area contributed by atoms with Crippen LogP contribution in [0.4, 0.5) is 10.1 Å². The third-order valence-corrected chi connectivity index (χ3v) is 3.77. The number of thioether (sulfide) groups is 1. The summed E-state index contributed by atoms with van der Waals surface area (Å²) in [7, 11) is 0. The predicted molar refractivity (Wildman–Crippen MR) is 76.8 cm³/mol. The Morgan fingerprint density at radius 1 is 1.50 bits per heavy atom. The van der Waals surface area contributed by atoms with E-state index >= 15 is 0 Å². The van der Waals surface area contributed by atoms with E-state index in [2.05, 4.69) is 11.2 Å². The van der Waals surface area contributed by atoms with Crippen LogP contribution in [-0.2, 0) is 0 Å². The number of halogens is 1. The Bertz CT molecular complexity index is 436. The van der Waals surface area contributed by atoms with Crippen molar-refractivity contribution in [2.75, 3.05) is 23.5 Å². The first-order valence-corrected chi connectivity index (χ1v) is 7.46. The highest BCUT2D eigenvalue weighted by atomic mass is 32.2. The molecular weight excluding hydrogens is 249 g/mol. The lowest BCUT2D eigenvalue weighted by molar-refractivity contribution is 0.598. The third-order valence-electron chi connectivity index (χ3n) is 3.07. The van der Waals surface area contributed by atoms with E-state index in [4.69, 9.17) is 5.73 Å². The van der Waals surface area contributed by atoms with Gasteiger partial charge in [-0.05, 0) is 37.0 Å². The molecule has 1 aliphatic heterocycles. The molecule has 98 valence electrons. The van der Waals surface area contributed by atoms with Crippen molar-refractivity contribution < 1.29 is 4.39 Å². The molecule has 0 fully saturated rings. The molecular formula is C13H18FN3S. The highest BCUT2D eigenvalue weighted by Crippen LogP contribution is 2.26. The van der Waals surface area contributed by atoms with E-state index in [-0.39, 0.29) is 11.9 Å². The van der Waals surface area contributed by atoms with Gasteiger partial charge in [-0.15, -0.1) is 0 Å². The summed E-state index contributed by atoms with van der Waals surface area (Å²) >= 11 is 1.82. The molecule has 0 amide bonds. The summed E-state index contributed by atoms with van der Waals surface area (Å²) in [5.41, 5.74) is 6.41. The number of guanidine groups is 1. The van der Waals surface area contributed by atoms with Crippen LogP contribution in [0.1, 0.15) is 12.8 Å². The molecule has 1 aliphatic rings. The van der Waals surface area contributed by atoms with Crippen LogP contribution < -0.4 is 10.6 Å². The Hall–Kier alpha value is -1.23. The van der Waals surface area contributed by atoms with Crippen molar-refractivity contribution in [3.05, 3.63) is 30.1 Å². The van der Waals surface area contributed by atoms with Crippen LogP contribution in [0.5, 0.6) is 0 Å². The number of nitrogens with two attached hydrogens (primary N) is 1. The minimum atomic E-state index is -0.243. The van der Waals surface area contributed by atoms with Crippen molar-refractivity contribution in [1.82, 2.24) is 0 Å². The summed E-state index contributed by atoms with van der Waals surface area (Å²) in [4.78, 5) is 6.07. The molecule has 2 N–H and O–H groups in total. The molecule has 0 aliphatic carbocycles. The van der Waals surface area contributed by atoms with Gasteiger partial charge in [0.2, 0.25) is 0 Å². The maximum atomic E-state index is 13.8. The molecule has 2 rings (SSSR count). The number of aliphatic imine (C=N–C) groups is 1. The molecule has 0 saturated carbocycles. The second kappa shape index (κ2) is 6.09. The number of para-hydroxylation sites is 1. The summed E-state index contributed by atoms with van der Waals surface area (Å²) in [6.45, 7) is 0.661. The smallest absolute Gasteiger partial charge is 0.196 e. The zero-order valence-corrected chi connectivity index (χ0v) is 11.3. The van der Waals surface area contributed by atoms with Crippen LogP contribution in [0, 0.1) is 5.82 Å². The van der Waals surface area contributed by atoms with Gasteiger partial charge in [0.25, 0.3) is 0 Å². The highest BCUT2D eigenvalue weighted by molar-refractivity contribution is 7.98. The number of hydrogen-bond donors (Lipinski definition) is 1. The van der Waals surface area contributed by atoms with Crippen LogP contribution in [-0.4, -0.2) is 30.6 Å². The van der Waals surface area contributed by atoms with Crippen molar-refractivity contribution in [2.24, 2.45) is 10.7 Å². The second-order valence-electron chi connectivity index (χ2n) is 4.31. The van der Waals surface area contributed by atoms with Crippen LogP contribution in [0.15, 0.2) is 29.3 Å². The fourth-order valence-electron chi connectivity index (χ4n) is 2.19. The first-order chi connectivity index (χ1) is 8.74. The van der Waals surface area contributed by atoms with Crippen molar-refractivity contribution in [3.63, 3.8) is 0 Å². The first kappa shape index (κ1) is 13.2. The molecule has 0 aromatic heterocycles. The van der Waals surface area contributed by atoms with Crippen LogP contribution >= 0.6 is 11.8 Å². The standard InChI is InChI=1S/C13H18FN3S/c1-18-8-4-5-10-9-16-13(15)17(10)12-7-3-2-6-11(12)14/h2-3,6-7,10H,4-5,8-9H2,1H3,(H2,15,16). The van der Waals surface area contributed by atoms with Crippen molar-refractivity contribution in [2.45, 2.75) is 18.9 Å². The van der Waals surface area contributed by atoms with Gasteiger partial charge in [-0.1, -0.05) is 12.1 Å². The van der Waals surface area contributed by atoms with Crippen molar-refractivity contribution in [1.29, 1.82) is 0 Å². The van der Waals surface area contributed by atoms with Gasteiger partial charge in [0.05, 0.1) is 18.3 Å². The normalized spacial score (nSPS) is 19.1.